The van der Waals surface area contributed by atoms with Crippen molar-refractivity contribution in [3.05, 3.63) is 75.7 Å². The van der Waals surface area contributed by atoms with Crippen molar-refractivity contribution in [2.75, 3.05) is 5.32 Å². The third-order valence-electron chi connectivity index (χ3n) is 6.13. The largest absolute Gasteiger partial charge is 0.467 e. The Kier molecular flexibility index (Phi) is 6.05. The molecule has 33 heavy (non-hydrogen) atoms. The molecule has 3 heterocycles. The Hall–Kier alpha value is -3.32. The van der Waals surface area contributed by atoms with Crippen LogP contribution in [0.3, 0.4) is 0 Å². The summed E-state index contributed by atoms with van der Waals surface area (Å²) in [5.41, 5.74) is 4.49. The third-order valence-corrected chi connectivity index (χ3v) is 7.34. The maximum absolute atomic E-state index is 13.1. The van der Waals surface area contributed by atoms with E-state index in [0.29, 0.717) is 22.9 Å². The van der Waals surface area contributed by atoms with E-state index in [1.54, 1.807) is 18.6 Å². The van der Waals surface area contributed by atoms with Gasteiger partial charge in [0.2, 0.25) is 5.91 Å². The third kappa shape index (κ3) is 4.46. The summed E-state index contributed by atoms with van der Waals surface area (Å²) < 4.78 is 11.0. The Morgan fingerprint density at radius 3 is 2.82 bits per heavy atom. The number of nitrogens with one attached hydrogen (secondary N) is 2. The SMILES string of the molecule is CCc1ccc2occ(CC(=O)Nc3sc4c(c3C(=O)NCc3ccco3)CCCC4)c2c1. The molecule has 0 saturated heterocycles. The minimum atomic E-state index is -0.178. The molecule has 0 atom stereocenters. The van der Waals surface area contributed by atoms with E-state index in [-0.39, 0.29) is 18.2 Å². The maximum Gasteiger partial charge on any atom is 0.254 e. The highest BCUT2D eigenvalue weighted by atomic mass is 32.1. The van der Waals surface area contributed by atoms with Gasteiger partial charge in [0, 0.05) is 15.8 Å². The van der Waals surface area contributed by atoms with Gasteiger partial charge in [0.05, 0.1) is 31.1 Å². The van der Waals surface area contributed by atoms with Crippen LogP contribution in [0, 0.1) is 0 Å². The Bertz CT molecular complexity index is 1300. The van der Waals surface area contributed by atoms with Crippen molar-refractivity contribution < 1.29 is 18.4 Å². The smallest absolute Gasteiger partial charge is 0.254 e. The summed E-state index contributed by atoms with van der Waals surface area (Å²) in [7, 11) is 0. The molecule has 0 spiro atoms. The zero-order valence-corrected chi connectivity index (χ0v) is 19.3. The van der Waals surface area contributed by atoms with Crippen molar-refractivity contribution in [2.45, 2.75) is 52.0 Å². The number of hydrogen-bond donors (Lipinski definition) is 2. The summed E-state index contributed by atoms with van der Waals surface area (Å²) >= 11 is 1.52. The summed E-state index contributed by atoms with van der Waals surface area (Å²) in [6, 6.07) is 9.69. The average molecular weight is 463 g/mol. The maximum atomic E-state index is 13.1. The van der Waals surface area contributed by atoms with E-state index in [9.17, 15) is 9.59 Å². The summed E-state index contributed by atoms with van der Waals surface area (Å²) in [4.78, 5) is 27.3. The van der Waals surface area contributed by atoms with E-state index in [1.165, 1.54) is 21.8 Å². The second kappa shape index (κ2) is 9.27. The summed E-state index contributed by atoms with van der Waals surface area (Å²) in [6.07, 6.45) is 8.31. The normalized spacial score (nSPS) is 13.1. The van der Waals surface area contributed by atoms with E-state index in [4.69, 9.17) is 8.83 Å². The molecule has 170 valence electrons. The van der Waals surface area contributed by atoms with Crippen LogP contribution in [0.4, 0.5) is 5.00 Å². The van der Waals surface area contributed by atoms with Gasteiger partial charge in [-0.2, -0.15) is 0 Å². The van der Waals surface area contributed by atoms with Crippen molar-refractivity contribution in [3.8, 4) is 0 Å². The van der Waals surface area contributed by atoms with E-state index < -0.39 is 0 Å². The molecular weight excluding hydrogens is 436 g/mol. The Balaban J connectivity index is 1.37. The zero-order valence-electron chi connectivity index (χ0n) is 18.5. The highest BCUT2D eigenvalue weighted by Gasteiger charge is 2.26. The number of benzene rings is 1. The van der Waals surface area contributed by atoms with Crippen LogP contribution < -0.4 is 10.6 Å². The van der Waals surface area contributed by atoms with Gasteiger partial charge in [0.15, 0.2) is 0 Å². The quantitative estimate of drug-likeness (QED) is 0.372. The number of rotatable bonds is 7. The first-order valence-corrected chi connectivity index (χ1v) is 12.2. The van der Waals surface area contributed by atoms with Gasteiger partial charge in [-0.25, -0.2) is 0 Å². The number of aryl methyl sites for hydroxylation is 2. The molecule has 4 aromatic rings. The monoisotopic (exact) mass is 462 g/mol. The Morgan fingerprint density at radius 1 is 1.12 bits per heavy atom. The second-order valence-corrected chi connectivity index (χ2v) is 9.45. The predicted octanol–water partition coefficient (Wildman–Crippen LogP) is 5.64. The molecule has 0 fully saturated rings. The van der Waals surface area contributed by atoms with E-state index in [1.807, 2.05) is 18.2 Å². The molecule has 5 rings (SSSR count). The minimum absolute atomic E-state index is 0.154. The van der Waals surface area contributed by atoms with Crippen LogP contribution >= 0.6 is 11.3 Å². The van der Waals surface area contributed by atoms with Gasteiger partial charge >= 0.3 is 0 Å². The van der Waals surface area contributed by atoms with Gasteiger partial charge in [-0.05, 0) is 67.5 Å². The fraction of sp³-hybridized carbons (Fsp3) is 0.308. The molecule has 0 saturated carbocycles. The number of amides is 2. The Labute approximate surface area is 196 Å². The van der Waals surface area contributed by atoms with Crippen LogP contribution in [-0.4, -0.2) is 11.8 Å². The van der Waals surface area contributed by atoms with Gasteiger partial charge in [0.25, 0.3) is 5.91 Å². The number of anilines is 1. The summed E-state index contributed by atoms with van der Waals surface area (Å²) in [5, 5.41) is 7.56. The fourth-order valence-electron chi connectivity index (χ4n) is 4.39. The first-order valence-electron chi connectivity index (χ1n) is 11.4. The second-order valence-electron chi connectivity index (χ2n) is 8.35. The highest BCUT2D eigenvalue weighted by molar-refractivity contribution is 7.17. The van der Waals surface area contributed by atoms with Crippen LogP contribution in [0.25, 0.3) is 11.0 Å². The molecule has 0 unspecified atom stereocenters. The van der Waals surface area contributed by atoms with Crippen LogP contribution in [0.5, 0.6) is 0 Å². The summed E-state index contributed by atoms with van der Waals surface area (Å²) in [6.45, 7) is 2.41. The first kappa shape index (κ1) is 21.5. The van der Waals surface area contributed by atoms with Crippen LogP contribution in [0.2, 0.25) is 0 Å². The molecule has 2 amide bonds. The molecule has 0 radical (unpaired) electrons. The van der Waals surface area contributed by atoms with Crippen molar-refractivity contribution in [3.63, 3.8) is 0 Å². The van der Waals surface area contributed by atoms with E-state index in [0.717, 1.165) is 54.2 Å². The zero-order chi connectivity index (χ0) is 22.8. The van der Waals surface area contributed by atoms with Crippen LogP contribution in [0.1, 0.15) is 57.5 Å². The molecule has 2 N–H and O–H groups in total. The average Bonchev–Trinajstić information content (AvgIpc) is 3.56. The number of carbonyl (C=O) groups excluding carboxylic acids is 2. The number of furan rings is 2. The number of carbonyl (C=O) groups is 2. The van der Waals surface area contributed by atoms with Crippen molar-refractivity contribution >= 4 is 39.1 Å². The van der Waals surface area contributed by atoms with Gasteiger partial charge in [0.1, 0.15) is 16.3 Å². The fourth-order valence-corrected chi connectivity index (χ4v) is 5.70. The van der Waals surface area contributed by atoms with Gasteiger partial charge in [-0.15, -0.1) is 11.3 Å². The summed E-state index contributed by atoms with van der Waals surface area (Å²) in [5.74, 6) is 0.358. The van der Waals surface area contributed by atoms with Crippen molar-refractivity contribution in [1.29, 1.82) is 0 Å². The van der Waals surface area contributed by atoms with Crippen LogP contribution in [-0.2, 0) is 37.0 Å². The molecule has 6 nitrogen and oxygen atoms in total. The van der Waals surface area contributed by atoms with E-state index in [2.05, 4.69) is 23.6 Å². The van der Waals surface area contributed by atoms with Crippen LogP contribution in [0.15, 0.2) is 51.7 Å². The molecule has 0 aliphatic heterocycles. The lowest BCUT2D eigenvalue weighted by Gasteiger charge is -2.13. The van der Waals surface area contributed by atoms with Gasteiger partial charge in [-0.3, -0.25) is 9.59 Å². The molecule has 1 aromatic carbocycles. The molecule has 3 aromatic heterocycles. The number of hydrogen-bond acceptors (Lipinski definition) is 5. The van der Waals surface area contributed by atoms with Gasteiger partial charge in [-0.1, -0.05) is 13.0 Å². The van der Waals surface area contributed by atoms with E-state index >= 15 is 0 Å². The Morgan fingerprint density at radius 2 is 2.00 bits per heavy atom. The number of fused-ring (bicyclic) bond motifs is 2. The minimum Gasteiger partial charge on any atom is -0.467 e. The first-order chi connectivity index (χ1) is 16.1. The molecule has 0 bridgehead atoms. The molecule has 1 aliphatic carbocycles. The lowest BCUT2D eigenvalue weighted by Crippen LogP contribution is -2.25. The molecule has 1 aliphatic rings. The lowest BCUT2D eigenvalue weighted by atomic mass is 9.95. The predicted molar refractivity (Wildman–Crippen MR) is 129 cm³/mol. The van der Waals surface area contributed by atoms with Gasteiger partial charge < -0.3 is 19.5 Å². The lowest BCUT2D eigenvalue weighted by molar-refractivity contribution is -0.115. The molecule has 7 heteroatoms. The standard InChI is InChI=1S/C26H26N2O4S/c1-2-16-9-10-21-20(12-16)17(15-32-21)13-23(29)28-26-24(19-7-3-4-8-22(19)33-26)25(30)27-14-18-6-5-11-31-18/h5-6,9-12,15H,2-4,7-8,13-14H2,1H3,(H,27,30)(H,28,29). The molecular formula is C26H26N2O4S. The van der Waals surface area contributed by atoms with Crippen molar-refractivity contribution in [1.82, 2.24) is 5.32 Å². The topological polar surface area (TPSA) is 84.5 Å². The number of thiophene rings is 1. The van der Waals surface area contributed by atoms with Crippen molar-refractivity contribution in [2.24, 2.45) is 0 Å². The highest BCUT2D eigenvalue weighted by Crippen LogP contribution is 2.38.